The standard InChI is InChI=1S/C48H80O40/c49-1-9-33-17(57)25(65)41(73-9)82-34-10(2-50)75-43(27(67)19(34)59)84-36-12(4-52)77-45(29(69)21(36)61)86-38-14(6-54)79-47(31(71)23(38)63)88-40-16(8-56)80-48(32(72)24(40)64)87-39-15(7-55)78-46(30(70)22(39)62)85-37-13(5-53)76-44(28(68)20(37)60)83-35-11(3-51)74-42(81-33)26(66)18(35)58/h9-72H,1-8H2/t9?,10?,11?,12?,13?,14?,15?,16?,17-,18-,19-,20-,21+,22+,23+,24-,25?,26?,27?,28?,29?,30?,31?,32?,33-,34-,35-,36-,37-,38-,39-,40-,41-,42-,43-,44-,45-,46-,47-,48-/m1/s1. The van der Waals surface area contributed by atoms with Gasteiger partial charge in [0.15, 0.2) is 50.3 Å². The first-order valence-corrected chi connectivity index (χ1v) is 28.1. The number of aliphatic hydroxyl groups excluding tert-OH is 24. The lowest BCUT2D eigenvalue weighted by Gasteiger charge is -2.50. The van der Waals surface area contributed by atoms with Gasteiger partial charge in [-0.2, -0.15) is 0 Å². The van der Waals surface area contributed by atoms with E-state index < -0.39 is 299 Å². The highest BCUT2D eigenvalue weighted by Gasteiger charge is 2.60. The zero-order chi connectivity index (χ0) is 64.1. The van der Waals surface area contributed by atoms with Crippen molar-refractivity contribution in [1.29, 1.82) is 0 Å². The summed E-state index contributed by atoms with van der Waals surface area (Å²) in [6, 6.07) is 0. The van der Waals surface area contributed by atoms with E-state index in [1.165, 1.54) is 0 Å². The highest BCUT2D eigenvalue weighted by molar-refractivity contribution is 5.02. The van der Waals surface area contributed by atoms with Gasteiger partial charge >= 0.3 is 0 Å². The normalized spacial score (nSPS) is 55.4. The van der Waals surface area contributed by atoms with Crippen molar-refractivity contribution in [2.75, 3.05) is 52.9 Å². The molecule has 512 valence electrons. The molecule has 0 aromatic carbocycles. The Hall–Kier alpha value is -1.60. The zero-order valence-corrected chi connectivity index (χ0v) is 46.0. The second-order valence-electron chi connectivity index (χ2n) is 22.5. The van der Waals surface area contributed by atoms with Crippen molar-refractivity contribution in [1.82, 2.24) is 0 Å². The minimum Gasteiger partial charge on any atom is -0.394 e. The molecule has 16 bridgehead atoms. The first-order chi connectivity index (χ1) is 41.9. The monoisotopic (exact) mass is 1300 g/mol. The largest absolute Gasteiger partial charge is 0.394 e. The van der Waals surface area contributed by atoms with Crippen LogP contribution in [0.5, 0.6) is 0 Å². The second-order valence-corrected chi connectivity index (χ2v) is 22.5. The molecule has 30 saturated heterocycles. The van der Waals surface area contributed by atoms with Gasteiger partial charge in [-0.3, -0.25) is 0 Å². The average molecular weight is 1300 g/mol. The SMILES string of the molecule is OCC1O[C@@H]2O[C@@H]3C(CO)O[C@H](O[C@@H]4C(CO)O[C@H](O[C@@H]5C(CO)O[C@H](O[C@@H]6C(CO)O[C@H](O[C@@H]7C(CO)O[C@H](O[C@@H]8C(CO)O[C@H](O[C@@H]9C(CO)O[C@H](O[C@H]1[C@H](O)C2O)C(O)[C@H]9O)C(O)[C@H]8O)C(O)[C@@H]7O)C(O)[C@H]6O)C(O)[C@@H]5O)C(O)[C@@H]4O)C(O)[C@H]3O. The van der Waals surface area contributed by atoms with E-state index in [1.807, 2.05) is 0 Å². The molecule has 30 aliphatic heterocycles. The van der Waals surface area contributed by atoms with Crippen LogP contribution in [0.3, 0.4) is 0 Å². The van der Waals surface area contributed by atoms with E-state index in [0.29, 0.717) is 0 Å². The number of hydrogen-bond donors (Lipinski definition) is 24. The van der Waals surface area contributed by atoms with E-state index in [4.69, 9.17) is 75.8 Å². The molecular formula is C48H80O40. The Labute approximate surface area is 496 Å². The van der Waals surface area contributed by atoms with Crippen molar-refractivity contribution >= 4 is 0 Å². The molecule has 40 heteroatoms. The summed E-state index contributed by atoms with van der Waals surface area (Å²) in [6.45, 7) is -8.64. The molecule has 40 atom stereocenters. The summed E-state index contributed by atoms with van der Waals surface area (Å²) in [4.78, 5) is 0. The Kier molecular flexibility index (Phi) is 24.1. The van der Waals surface area contributed by atoms with Gasteiger partial charge in [0.2, 0.25) is 0 Å². The van der Waals surface area contributed by atoms with E-state index in [0.717, 1.165) is 0 Å². The Bertz CT molecular complexity index is 1700. The Morgan fingerprint density at radius 1 is 0.136 bits per heavy atom. The van der Waals surface area contributed by atoms with E-state index in [-0.39, 0.29) is 0 Å². The van der Waals surface area contributed by atoms with Crippen molar-refractivity contribution in [2.24, 2.45) is 0 Å². The molecule has 30 aliphatic rings. The van der Waals surface area contributed by atoms with Crippen molar-refractivity contribution < 1.29 is 198 Å². The second kappa shape index (κ2) is 30.0. The average Bonchev–Trinajstić information content (AvgIpc) is 0.985. The summed E-state index contributed by atoms with van der Waals surface area (Å²) in [5.74, 6) is 0. The predicted molar refractivity (Wildman–Crippen MR) is 261 cm³/mol. The lowest BCUT2D eigenvalue weighted by atomic mass is 9.94. The van der Waals surface area contributed by atoms with Crippen LogP contribution in [0.2, 0.25) is 0 Å². The van der Waals surface area contributed by atoms with Gasteiger partial charge in [-0.05, 0) is 0 Å². The molecular weight excluding hydrogens is 1220 g/mol. The van der Waals surface area contributed by atoms with Gasteiger partial charge < -0.3 is 198 Å². The molecule has 88 heavy (non-hydrogen) atoms. The minimum absolute atomic E-state index is 1.08. The first kappa shape index (κ1) is 70.7. The third kappa shape index (κ3) is 13.8. The molecule has 16 unspecified atom stereocenters. The first-order valence-electron chi connectivity index (χ1n) is 28.1. The van der Waals surface area contributed by atoms with Crippen molar-refractivity contribution in [3.8, 4) is 0 Å². The van der Waals surface area contributed by atoms with E-state index in [9.17, 15) is 123 Å². The van der Waals surface area contributed by atoms with E-state index in [2.05, 4.69) is 0 Å². The van der Waals surface area contributed by atoms with E-state index >= 15 is 0 Å². The molecule has 0 radical (unpaired) electrons. The van der Waals surface area contributed by atoms with Crippen molar-refractivity contribution in [3.63, 3.8) is 0 Å². The fourth-order valence-electron chi connectivity index (χ4n) is 11.9. The fraction of sp³-hybridized carbons (Fsp3) is 1.00. The van der Waals surface area contributed by atoms with Crippen LogP contribution in [0, 0.1) is 0 Å². The summed E-state index contributed by atoms with van der Waals surface area (Å²) < 4.78 is 91.1. The van der Waals surface area contributed by atoms with Crippen LogP contribution in [0.25, 0.3) is 0 Å². The Morgan fingerprint density at radius 3 is 0.307 bits per heavy atom. The van der Waals surface area contributed by atoms with Crippen LogP contribution in [-0.4, -0.2) is 421 Å². The molecule has 0 aromatic heterocycles. The summed E-state index contributed by atoms with van der Waals surface area (Å²) in [5, 5.41) is 265. The van der Waals surface area contributed by atoms with Gasteiger partial charge in [-0.15, -0.1) is 0 Å². The topological polar surface area (TPSA) is 633 Å². The molecule has 0 spiro atoms. The molecule has 0 saturated carbocycles. The quantitative estimate of drug-likeness (QED) is 0.107. The summed E-state index contributed by atoms with van der Waals surface area (Å²) in [5.41, 5.74) is 0. The molecule has 0 aromatic rings. The number of ether oxygens (including phenoxy) is 16. The molecule has 30 fully saturated rings. The van der Waals surface area contributed by atoms with Crippen LogP contribution >= 0.6 is 0 Å². The number of aliphatic hydroxyl groups is 24. The molecule has 0 aliphatic carbocycles. The van der Waals surface area contributed by atoms with Gasteiger partial charge in [0.1, 0.15) is 195 Å². The van der Waals surface area contributed by atoms with Crippen LogP contribution in [0.15, 0.2) is 0 Å². The summed E-state index contributed by atoms with van der Waals surface area (Å²) >= 11 is 0. The molecule has 30 rings (SSSR count). The Morgan fingerprint density at radius 2 is 0.227 bits per heavy atom. The zero-order valence-electron chi connectivity index (χ0n) is 46.0. The van der Waals surface area contributed by atoms with Crippen LogP contribution in [-0.2, 0) is 75.8 Å². The molecule has 0 amide bonds. The van der Waals surface area contributed by atoms with Gasteiger partial charge in [-0.25, -0.2) is 0 Å². The highest BCUT2D eigenvalue weighted by atomic mass is 16.8. The minimum atomic E-state index is -2.25. The fourth-order valence-corrected chi connectivity index (χ4v) is 11.9. The third-order valence-electron chi connectivity index (χ3n) is 16.9. The maximum atomic E-state index is 11.4. The highest BCUT2D eigenvalue weighted by Crippen LogP contribution is 2.40. The van der Waals surface area contributed by atoms with Crippen LogP contribution in [0.4, 0.5) is 0 Å². The van der Waals surface area contributed by atoms with Gasteiger partial charge in [0, 0.05) is 0 Å². The number of hydrogen-bond acceptors (Lipinski definition) is 40. The lowest BCUT2D eigenvalue weighted by molar-refractivity contribution is -0.404. The number of rotatable bonds is 8. The predicted octanol–water partition coefficient (Wildman–Crippen LogP) is -17.4. The maximum absolute atomic E-state index is 11.4. The van der Waals surface area contributed by atoms with Crippen molar-refractivity contribution in [3.05, 3.63) is 0 Å². The smallest absolute Gasteiger partial charge is 0.187 e. The maximum Gasteiger partial charge on any atom is 0.187 e. The van der Waals surface area contributed by atoms with Crippen LogP contribution < -0.4 is 0 Å². The van der Waals surface area contributed by atoms with E-state index in [1.54, 1.807) is 0 Å². The Balaban J connectivity index is 0.975. The van der Waals surface area contributed by atoms with Crippen LogP contribution in [0.1, 0.15) is 0 Å². The summed E-state index contributed by atoms with van der Waals surface area (Å²) in [7, 11) is 0. The van der Waals surface area contributed by atoms with Gasteiger partial charge in [0.25, 0.3) is 0 Å². The molecule has 40 nitrogen and oxygen atoms in total. The molecule has 30 heterocycles. The molecule has 24 N–H and O–H groups in total. The lowest BCUT2D eigenvalue weighted by Crippen LogP contribution is -2.69. The van der Waals surface area contributed by atoms with Gasteiger partial charge in [0.05, 0.1) is 52.9 Å². The third-order valence-corrected chi connectivity index (χ3v) is 16.9. The summed E-state index contributed by atoms with van der Waals surface area (Å²) in [6.07, 6.45) is -82.0. The van der Waals surface area contributed by atoms with Gasteiger partial charge in [-0.1, -0.05) is 0 Å². The van der Waals surface area contributed by atoms with Crippen molar-refractivity contribution in [2.45, 2.75) is 246 Å².